The van der Waals surface area contributed by atoms with Gasteiger partial charge in [-0.1, -0.05) is 165 Å². The summed E-state index contributed by atoms with van der Waals surface area (Å²) < 4.78 is 2.44. The van der Waals surface area contributed by atoms with Crippen LogP contribution in [0.1, 0.15) is 6.92 Å². The van der Waals surface area contributed by atoms with E-state index >= 15 is 0 Å². The Labute approximate surface area is 320 Å². The minimum atomic E-state index is 0.0776. The molecule has 0 spiro atoms. The highest BCUT2D eigenvalue weighted by Crippen LogP contribution is 2.43. The third-order valence-electron chi connectivity index (χ3n) is 11.8. The number of nitrogens with zero attached hydrogens (tertiary/aromatic N) is 2. The summed E-state index contributed by atoms with van der Waals surface area (Å²) in [4.78, 5) is 2.58. The van der Waals surface area contributed by atoms with Crippen molar-refractivity contribution in [3.8, 4) is 11.1 Å². The molecule has 9 aromatic carbocycles. The normalized spacial score (nSPS) is 15.8. The molecule has 0 radical (unpaired) electrons. The lowest BCUT2D eigenvalue weighted by Gasteiger charge is -2.38. The molecule has 1 aromatic heterocycles. The van der Waals surface area contributed by atoms with Gasteiger partial charge >= 0.3 is 0 Å². The lowest BCUT2D eigenvalue weighted by Crippen LogP contribution is -2.36. The van der Waals surface area contributed by atoms with Crippen LogP contribution in [0.25, 0.3) is 81.7 Å². The van der Waals surface area contributed by atoms with Crippen molar-refractivity contribution in [2.75, 3.05) is 4.90 Å². The quantitative estimate of drug-likeness (QED) is 0.162. The molecule has 260 valence electrons. The summed E-state index contributed by atoms with van der Waals surface area (Å²) in [6.45, 7) is 2.37. The molecule has 11 rings (SSSR count). The van der Waals surface area contributed by atoms with Gasteiger partial charge in [-0.3, -0.25) is 0 Å². The first-order valence-corrected chi connectivity index (χ1v) is 19.3. The predicted molar refractivity (Wildman–Crippen MR) is 236 cm³/mol. The molecule has 2 heteroatoms. The topological polar surface area (TPSA) is 8.17 Å². The van der Waals surface area contributed by atoms with Gasteiger partial charge in [-0.2, -0.15) is 0 Å². The van der Waals surface area contributed by atoms with Crippen LogP contribution >= 0.6 is 0 Å². The van der Waals surface area contributed by atoms with Gasteiger partial charge < -0.3 is 9.47 Å². The number of allylic oxidation sites excluding steroid dienone is 2. The Kier molecular flexibility index (Phi) is 7.25. The molecule has 0 fully saturated rings. The Hall–Kier alpha value is -6.90. The molecular formula is C53H38N2. The van der Waals surface area contributed by atoms with Gasteiger partial charge in [-0.25, -0.2) is 0 Å². The molecule has 2 nitrogen and oxygen atoms in total. The first-order valence-electron chi connectivity index (χ1n) is 19.3. The molecule has 0 bridgehead atoms. The van der Waals surface area contributed by atoms with Gasteiger partial charge in [-0.15, -0.1) is 0 Å². The van der Waals surface area contributed by atoms with Crippen LogP contribution in [-0.2, 0) is 0 Å². The smallest absolute Gasteiger partial charge is 0.0587 e. The van der Waals surface area contributed by atoms with E-state index in [2.05, 4.69) is 217 Å². The van der Waals surface area contributed by atoms with Gasteiger partial charge in [0.1, 0.15) is 0 Å². The molecule has 0 N–H and O–H groups in total. The van der Waals surface area contributed by atoms with Crippen LogP contribution < -0.4 is 4.90 Å². The lowest BCUT2D eigenvalue weighted by molar-refractivity contribution is 0.610. The summed E-state index contributed by atoms with van der Waals surface area (Å²) >= 11 is 0. The van der Waals surface area contributed by atoms with Crippen molar-refractivity contribution in [3.05, 3.63) is 200 Å². The van der Waals surface area contributed by atoms with Crippen molar-refractivity contribution in [3.63, 3.8) is 0 Å². The van der Waals surface area contributed by atoms with E-state index in [9.17, 15) is 0 Å². The Balaban J connectivity index is 1.08. The van der Waals surface area contributed by atoms with Crippen LogP contribution in [0.5, 0.6) is 0 Å². The highest BCUT2D eigenvalue weighted by atomic mass is 15.2. The molecule has 2 atom stereocenters. The summed E-state index contributed by atoms with van der Waals surface area (Å²) in [5.41, 5.74) is 8.54. The fraction of sp³-hybridized carbons (Fsp3) is 0.0566. The zero-order valence-electron chi connectivity index (χ0n) is 30.6. The van der Waals surface area contributed by atoms with Gasteiger partial charge in [0.25, 0.3) is 0 Å². The van der Waals surface area contributed by atoms with Crippen molar-refractivity contribution < 1.29 is 0 Å². The fourth-order valence-corrected chi connectivity index (χ4v) is 9.27. The Morgan fingerprint density at radius 2 is 0.945 bits per heavy atom. The largest absolute Gasteiger partial charge is 0.333 e. The molecular weight excluding hydrogens is 665 g/mol. The number of benzene rings is 9. The summed E-state index contributed by atoms with van der Waals surface area (Å²) in [6.07, 6.45) is 7.24. The van der Waals surface area contributed by atoms with Crippen molar-refractivity contribution in [2.24, 2.45) is 5.92 Å². The number of hydrogen-bond donors (Lipinski definition) is 0. The van der Waals surface area contributed by atoms with Crippen LogP contribution in [-0.4, -0.2) is 10.6 Å². The molecule has 0 saturated heterocycles. The number of hydrogen-bond acceptors (Lipinski definition) is 1. The third-order valence-corrected chi connectivity index (χ3v) is 11.8. The maximum absolute atomic E-state index is 2.58. The van der Waals surface area contributed by atoms with Crippen molar-refractivity contribution in [1.82, 2.24) is 4.57 Å². The molecule has 0 saturated carbocycles. The summed E-state index contributed by atoms with van der Waals surface area (Å²) in [7, 11) is 0. The minimum Gasteiger partial charge on any atom is -0.333 e. The summed E-state index contributed by atoms with van der Waals surface area (Å²) in [5, 5.41) is 12.7. The molecule has 55 heavy (non-hydrogen) atoms. The Morgan fingerprint density at radius 3 is 1.56 bits per heavy atom. The first kappa shape index (κ1) is 31.6. The molecule has 0 aliphatic heterocycles. The number of para-hydroxylation sites is 2. The van der Waals surface area contributed by atoms with Crippen LogP contribution in [0.4, 0.5) is 11.4 Å². The van der Waals surface area contributed by atoms with Crippen molar-refractivity contribution in [1.29, 1.82) is 0 Å². The molecule has 1 aliphatic rings. The fourth-order valence-electron chi connectivity index (χ4n) is 9.27. The monoisotopic (exact) mass is 702 g/mol. The van der Waals surface area contributed by atoms with E-state index in [1.165, 1.54) is 93.1 Å². The van der Waals surface area contributed by atoms with Crippen molar-refractivity contribution in [2.45, 2.75) is 13.0 Å². The van der Waals surface area contributed by atoms with E-state index in [4.69, 9.17) is 0 Å². The maximum Gasteiger partial charge on any atom is 0.0587 e. The average molecular weight is 703 g/mol. The highest BCUT2D eigenvalue weighted by Gasteiger charge is 2.29. The van der Waals surface area contributed by atoms with Crippen LogP contribution in [0, 0.1) is 5.92 Å². The van der Waals surface area contributed by atoms with Gasteiger partial charge in [0, 0.05) is 33.5 Å². The number of fused-ring (bicyclic) bond motifs is 9. The second-order valence-electron chi connectivity index (χ2n) is 14.9. The van der Waals surface area contributed by atoms with Crippen LogP contribution in [0.3, 0.4) is 0 Å². The van der Waals surface area contributed by atoms with Gasteiger partial charge in [-0.05, 0) is 91.3 Å². The van der Waals surface area contributed by atoms with E-state index in [0.29, 0.717) is 0 Å². The SMILES string of the molecule is CC1C=C(n2c3ccccc3c3ccccc32)C=CC1N(c1ccc(-c2cc3ccccc3c3ccccc23)cc1)c1cc2ccccc2c2ccccc12. The van der Waals surface area contributed by atoms with Crippen molar-refractivity contribution >= 4 is 82.0 Å². The van der Waals surface area contributed by atoms with Crippen LogP contribution in [0.2, 0.25) is 0 Å². The van der Waals surface area contributed by atoms with E-state index < -0.39 is 0 Å². The van der Waals surface area contributed by atoms with Gasteiger partial charge in [0.15, 0.2) is 0 Å². The van der Waals surface area contributed by atoms with E-state index in [1.54, 1.807) is 0 Å². The Morgan fingerprint density at radius 1 is 0.455 bits per heavy atom. The van der Waals surface area contributed by atoms with E-state index in [-0.39, 0.29) is 12.0 Å². The van der Waals surface area contributed by atoms with E-state index in [0.717, 1.165) is 0 Å². The maximum atomic E-state index is 2.58. The van der Waals surface area contributed by atoms with Gasteiger partial charge in [0.2, 0.25) is 0 Å². The second kappa shape index (κ2) is 12.6. The molecule has 1 heterocycles. The zero-order valence-corrected chi connectivity index (χ0v) is 30.6. The van der Waals surface area contributed by atoms with Gasteiger partial charge in [0.05, 0.1) is 22.8 Å². The highest BCUT2D eigenvalue weighted by molar-refractivity contribution is 6.15. The molecule has 2 unspecified atom stereocenters. The zero-order chi connectivity index (χ0) is 36.5. The average Bonchev–Trinajstić information content (AvgIpc) is 3.59. The summed E-state index contributed by atoms with van der Waals surface area (Å²) in [5.74, 6) is 0.203. The second-order valence-corrected chi connectivity index (χ2v) is 14.9. The molecule has 0 amide bonds. The summed E-state index contributed by atoms with van der Waals surface area (Å²) in [6, 6.07) is 66.9. The molecule has 10 aromatic rings. The third kappa shape index (κ3) is 5.02. The Bertz CT molecular complexity index is 3130. The van der Waals surface area contributed by atoms with Crippen LogP contribution in [0.15, 0.2) is 200 Å². The first-order chi connectivity index (χ1) is 27.2. The predicted octanol–water partition coefficient (Wildman–Crippen LogP) is 14.3. The number of rotatable bonds is 5. The number of anilines is 2. The van der Waals surface area contributed by atoms with E-state index in [1.807, 2.05) is 0 Å². The standard InChI is InChI=1S/C53H38N2/c1-35-32-40(55-51-24-12-10-22-47(51)48-23-11-13-25-52(48)55)30-31-50(35)54(53-34-38-15-3-5-17-42(38)44-19-8-9-21-46(44)53)39-28-26-36(27-29-39)49-33-37-14-2-4-16-41(37)43-18-6-7-20-45(43)49/h2-35,50H,1H3. The number of aromatic nitrogens is 1. The lowest BCUT2D eigenvalue weighted by atomic mass is 9.90. The molecule has 1 aliphatic carbocycles. The minimum absolute atomic E-state index is 0.0776.